The molecule has 1 unspecified atom stereocenters. The van der Waals surface area contributed by atoms with Crippen LogP contribution in [-0.4, -0.2) is 30.1 Å². The summed E-state index contributed by atoms with van der Waals surface area (Å²) in [5, 5.41) is 0. The number of rotatable bonds is 4. The van der Waals surface area contributed by atoms with E-state index in [0.717, 1.165) is 18.6 Å². The minimum Gasteiger partial charge on any atom is -0.330 e. The van der Waals surface area contributed by atoms with Gasteiger partial charge in [0.05, 0.1) is 0 Å². The molecule has 0 radical (unpaired) electrons. The molecule has 64 valence electrons. The Hall–Kier alpha value is -0.0800. The summed E-state index contributed by atoms with van der Waals surface area (Å²) >= 11 is 0. The third-order valence-electron chi connectivity index (χ3n) is 2.95. The first-order chi connectivity index (χ1) is 5.42. The SMILES string of the molecule is NCCCC1CCN1C1CC1. The van der Waals surface area contributed by atoms with Crippen LogP contribution in [0.3, 0.4) is 0 Å². The zero-order valence-electron chi connectivity index (χ0n) is 7.13. The third kappa shape index (κ3) is 1.57. The molecule has 1 atom stereocenters. The van der Waals surface area contributed by atoms with E-state index in [2.05, 4.69) is 4.90 Å². The van der Waals surface area contributed by atoms with E-state index in [9.17, 15) is 0 Å². The first kappa shape index (κ1) is 7.56. The summed E-state index contributed by atoms with van der Waals surface area (Å²) in [7, 11) is 0. The van der Waals surface area contributed by atoms with Crippen molar-refractivity contribution in [3.05, 3.63) is 0 Å². The van der Waals surface area contributed by atoms with Gasteiger partial charge in [-0.3, -0.25) is 4.90 Å². The molecule has 1 saturated heterocycles. The van der Waals surface area contributed by atoms with E-state index in [0.29, 0.717) is 0 Å². The molecule has 1 aliphatic heterocycles. The van der Waals surface area contributed by atoms with Crippen molar-refractivity contribution < 1.29 is 0 Å². The van der Waals surface area contributed by atoms with Crippen molar-refractivity contribution in [2.75, 3.05) is 13.1 Å². The zero-order chi connectivity index (χ0) is 7.68. The van der Waals surface area contributed by atoms with Crippen molar-refractivity contribution in [3.63, 3.8) is 0 Å². The van der Waals surface area contributed by atoms with Gasteiger partial charge in [-0.1, -0.05) is 0 Å². The molecule has 2 nitrogen and oxygen atoms in total. The summed E-state index contributed by atoms with van der Waals surface area (Å²) in [4.78, 5) is 2.68. The van der Waals surface area contributed by atoms with E-state index < -0.39 is 0 Å². The quantitative estimate of drug-likeness (QED) is 0.653. The molecule has 2 aliphatic rings. The fourth-order valence-corrected chi connectivity index (χ4v) is 2.01. The van der Waals surface area contributed by atoms with Gasteiger partial charge in [0.25, 0.3) is 0 Å². The lowest BCUT2D eigenvalue weighted by atomic mass is 9.98. The van der Waals surface area contributed by atoms with Crippen molar-refractivity contribution in [1.82, 2.24) is 4.90 Å². The van der Waals surface area contributed by atoms with Crippen LogP contribution in [0.25, 0.3) is 0 Å². The number of nitrogens with zero attached hydrogens (tertiary/aromatic N) is 1. The first-order valence-electron chi connectivity index (χ1n) is 4.87. The molecule has 0 aromatic carbocycles. The predicted octanol–water partition coefficient (Wildman–Crippen LogP) is 0.962. The Labute approximate surface area is 68.7 Å². The van der Waals surface area contributed by atoms with Crippen LogP contribution in [0.5, 0.6) is 0 Å². The molecule has 0 amide bonds. The number of hydrogen-bond donors (Lipinski definition) is 1. The van der Waals surface area contributed by atoms with Crippen molar-refractivity contribution in [1.29, 1.82) is 0 Å². The predicted molar refractivity (Wildman–Crippen MR) is 46.4 cm³/mol. The van der Waals surface area contributed by atoms with Crippen LogP contribution < -0.4 is 5.73 Å². The third-order valence-corrected chi connectivity index (χ3v) is 2.95. The summed E-state index contributed by atoms with van der Waals surface area (Å²) < 4.78 is 0. The molecule has 2 N–H and O–H groups in total. The van der Waals surface area contributed by atoms with Crippen LogP contribution in [0.4, 0.5) is 0 Å². The summed E-state index contributed by atoms with van der Waals surface area (Å²) in [6, 6.07) is 1.89. The number of hydrogen-bond acceptors (Lipinski definition) is 2. The van der Waals surface area contributed by atoms with Gasteiger partial charge in [0, 0.05) is 18.6 Å². The highest BCUT2D eigenvalue weighted by Gasteiger charge is 2.38. The average molecular weight is 154 g/mol. The minimum absolute atomic E-state index is 0.870. The lowest BCUT2D eigenvalue weighted by molar-refractivity contribution is 0.0737. The molecule has 0 aromatic rings. The van der Waals surface area contributed by atoms with E-state index in [1.54, 1.807) is 0 Å². The van der Waals surface area contributed by atoms with Crippen LogP contribution in [0.1, 0.15) is 32.1 Å². The molecule has 2 fully saturated rings. The molecular formula is C9H18N2. The normalized spacial score (nSPS) is 31.9. The van der Waals surface area contributed by atoms with Gasteiger partial charge >= 0.3 is 0 Å². The highest BCUT2D eigenvalue weighted by molar-refractivity contribution is 4.94. The van der Waals surface area contributed by atoms with Gasteiger partial charge in [-0.15, -0.1) is 0 Å². The molecule has 1 heterocycles. The number of likely N-dealkylation sites (tertiary alicyclic amines) is 1. The second-order valence-corrected chi connectivity index (χ2v) is 3.84. The van der Waals surface area contributed by atoms with Gasteiger partial charge in [-0.25, -0.2) is 0 Å². The van der Waals surface area contributed by atoms with Crippen molar-refractivity contribution in [2.24, 2.45) is 5.73 Å². The second kappa shape index (κ2) is 3.11. The maximum atomic E-state index is 5.47. The van der Waals surface area contributed by atoms with Gasteiger partial charge in [-0.05, 0) is 38.6 Å². The van der Waals surface area contributed by atoms with Crippen LogP contribution in [-0.2, 0) is 0 Å². The summed E-state index contributed by atoms with van der Waals surface area (Å²) in [5.41, 5.74) is 5.47. The Morgan fingerprint density at radius 3 is 2.55 bits per heavy atom. The highest BCUT2D eigenvalue weighted by Crippen LogP contribution is 2.35. The smallest absolute Gasteiger partial charge is 0.0111 e. The van der Waals surface area contributed by atoms with E-state index in [4.69, 9.17) is 5.73 Å². The standard InChI is InChI=1S/C9H18N2/c10-6-1-2-8-5-7-11(8)9-3-4-9/h8-9H,1-7,10H2. The Morgan fingerprint density at radius 2 is 2.09 bits per heavy atom. The van der Waals surface area contributed by atoms with Gasteiger partial charge in [0.2, 0.25) is 0 Å². The Bertz CT molecular complexity index is 132. The van der Waals surface area contributed by atoms with Gasteiger partial charge in [-0.2, -0.15) is 0 Å². The minimum atomic E-state index is 0.870. The highest BCUT2D eigenvalue weighted by atomic mass is 15.3. The Balaban J connectivity index is 1.68. The molecule has 0 bridgehead atoms. The fourth-order valence-electron chi connectivity index (χ4n) is 2.01. The van der Waals surface area contributed by atoms with Gasteiger partial charge < -0.3 is 5.73 Å². The van der Waals surface area contributed by atoms with Crippen LogP contribution in [0.15, 0.2) is 0 Å². The molecule has 0 spiro atoms. The Morgan fingerprint density at radius 1 is 1.27 bits per heavy atom. The molecule has 2 rings (SSSR count). The van der Waals surface area contributed by atoms with Crippen LogP contribution in [0.2, 0.25) is 0 Å². The van der Waals surface area contributed by atoms with Crippen molar-refractivity contribution in [2.45, 2.75) is 44.2 Å². The van der Waals surface area contributed by atoms with Crippen LogP contribution >= 0.6 is 0 Å². The van der Waals surface area contributed by atoms with Crippen LogP contribution in [0, 0.1) is 0 Å². The maximum absolute atomic E-state index is 5.47. The van der Waals surface area contributed by atoms with Crippen molar-refractivity contribution >= 4 is 0 Å². The first-order valence-corrected chi connectivity index (χ1v) is 4.87. The molecule has 1 saturated carbocycles. The molecule has 1 aliphatic carbocycles. The molecule has 0 aromatic heterocycles. The monoisotopic (exact) mass is 154 g/mol. The number of nitrogens with two attached hydrogens (primary N) is 1. The zero-order valence-corrected chi connectivity index (χ0v) is 7.13. The van der Waals surface area contributed by atoms with Gasteiger partial charge in [0.1, 0.15) is 0 Å². The second-order valence-electron chi connectivity index (χ2n) is 3.84. The fraction of sp³-hybridized carbons (Fsp3) is 1.00. The van der Waals surface area contributed by atoms with Gasteiger partial charge in [0.15, 0.2) is 0 Å². The summed E-state index contributed by atoms with van der Waals surface area (Å²) in [6.45, 7) is 2.23. The average Bonchev–Trinajstić information content (AvgIpc) is 2.70. The summed E-state index contributed by atoms with van der Waals surface area (Å²) in [6.07, 6.45) is 6.90. The molecule has 11 heavy (non-hydrogen) atoms. The van der Waals surface area contributed by atoms with E-state index in [1.165, 1.54) is 38.6 Å². The molecular weight excluding hydrogens is 136 g/mol. The Kier molecular flexibility index (Phi) is 2.14. The summed E-state index contributed by atoms with van der Waals surface area (Å²) in [5.74, 6) is 0. The molecule has 2 heteroatoms. The topological polar surface area (TPSA) is 29.3 Å². The van der Waals surface area contributed by atoms with Crippen molar-refractivity contribution in [3.8, 4) is 0 Å². The lowest BCUT2D eigenvalue weighted by Gasteiger charge is -2.41. The largest absolute Gasteiger partial charge is 0.330 e. The van der Waals surface area contributed by atoms with E-state index in [-0.39, 0.29) is 0 Å². The maximum Gasteiger partial charge on any atom is 0.0111 e. The lowest BCUT2D eigenvalue weighted by Crippen LogP contribution is -2.48. The van der Waals surface area contributed by atoms with E-state index in [1.807, 2.05) is 0 Å². The van der Waals surface area contributed by atoms with E-state index >= 15 is 0 Å².